The predicted octanol–water partition coefficient (Wildman–Crippen LogP) is 2.34. The average Bonchev–Trinajstić information content (AvgIpc) is 2.90. The van der Waals surface area contributed by atoms with Crippen LogP contribution >= 0.6 is 0 Å². The van der Waals surface area contributed by atoms with Gasteiger partial charge >= 0.3 is 0 Å². The summed E-state index contributed by atoms with van der Waals surface area (Å²) in [7, 11) is 2.02. The highest BCUT2D eigenvalue weighted by atomic mass is 16.3. The molecule has 3 rings (SSSR count). The van der Waals surface area contributed by atoms with Crippen molar-refractivity contribution >= 4 is 10.8 Å². The van der Waals surface area contributed by atoms with Crippen molar-refractivity contribution in [2.45, 2.75) is 19.0 Å². The summed E-state index contributed by atoms with van der Waals surface area (Å²) in [6, 6.07) is 12.6. The molecule has 19 heavy (non-hydrogen) atoms. The minimum absolute atomic E-state index is 0.409. The quantitative estimate of drug-likeness (QED) is 0.885. The molecule has 0 radical (unpaired) electrons. The summed E-state index contributed by atoms with van der Waals surface area (Å²) in [4.78, 5) is 2.41. The second kappa shape index (κ2) is 5.19. The van der Waals surface area contributed by atoms with Crippen molar-refractivity contribution in [3.8, 4) is 5.75 Å². The summed E-state index contributed by atoms with van der Waals surface area (Å²) >= 11 is 0. The zero-order chi connectivity index (χ0) is 13.2. The normalized spacial score (nSPS) is 20.2. The van der Waals surface area contributed by atoms with Crippen molar-refractivity contribution in [1.29, 1.82) is 0 Å². The molecule has 1 heterocycles. The van der Waals surface area contributed by atoms with E-state index in [1.807, 2.05) is 31.3 Å². The molecule has 100 valence electrons. The number of rotatable bonds is 3. The predicted molar refractivity (Wildman–Crippen MR) is 78.4 cm³/mol. The SMILES string of the molecule is CNC1CCN(Cc2c(O)ccc3ccccc23)C1. The zero-order valence-corrected chi connectivity index (χ0v) is 11.3. The second-order valence-corrected chi connectivity index (χ2v) is 5.29. The van der Waals surface area contributed by atoms with E-state index < -0.39 is 0 Å². The minimum atomic E-state index is 0.409. The van der Waals surface area contributed by atoms with Gasteiger partial charge in [0.1, 0.15) is 5.75 Å². The number of nitrogens with zero attached hydrogens (tertiary/aromatic N) is 1. The van der Waals surface area contributed by atoms with Crippen LogP contribution in [0.5, 0.6) is 5.75 Å². The standard InChI is InChI=1S/C16H20N2O/c1-17-13-8-9-18(10-13)11-15-14-5-3-2-4-12(14)6-7-16(15)19/h2-7,13,17,19H,8-11H2,1H3. The van der Waals surface area contributed by atoms with Crippen LogP contribution in [0.3, 0.4) is 0 Å². The molecular formula is C16H20N2O. The van der Waals surface area contributed by atoms with Crippen LogP contribution in [0.25, 0.3) is 10.8 Å². The van der Waals surface area contributed by atoms with Crippen LogP contribution in [-0.4, -0.2) is 36.2 Å². The first-order valence-electron chi connectivity index (χ1n) is 6.87. The minimum Gasteiger partial charge on any atom is -0.508 e. The Labute approximate surface area is 113 Å². The molecule has 2 N–H and O–H groups in total. The smallest absolute Gasteiger partial charge is 0.120 e. The van der Waals surface area contributed by atoms with E-state index in [0.29, 0.717) is 11.8 Å². The molecule has 0 aliphatic carbocycles. The highest BCUT2D eigenvalue weighted by molar-refractivity contribution is 5.87. The van der Waals surface area contributed by atoms with Crippen molar-refractivity contribution in [1.82, 2.24) is 10.2 Å². The molecule has 2 aromatic carbocycles. The van der Waals surface area contributed by atoms with E-state index in [1.165, 1.54) is 11.8 Å². The van der Waals surface area contributed by atoms with E-state index >= 15 is 0 Å². The third-order valence-electron chi connectivity index (χ3n) is 4.08. The molecule has 1 fully saturated rings. The van der Waals surface area contributed by atoms with Gasteiger partial charge in [-0.05, 0) is 30.3 Å². The molecule has 0 saturated carbocycles. The van der Waals surface area contributed by atoms with Crippen molar-refractivity contribution in [3.05, 3.63) is 42.0 Å². The van der Waals surface area contributed by atoms with Crippen LogP contribution in [0.4, 0.5) is 0 Å². The molecule has 3 nitrogen and oxygen atoms in total. The molecule has 1 unspecified atom stereocenters. The van der Waals surface area contributed by atoms with Gasteiger partial charge in [0.25, 0.3) is 0 Å². The molecule has 3 heteroatoms. The number of hydrogen-bond donors (Lipinski definition) is 2. The lowest BCUT2D eigenvalue weighted by atomic mass is 10.0. The van der Waals surface area contributed by atoms with Crippen LogP contribution in [0.15, 0.2) is 36.4 Å². The van der Waals surface area contributed by atoms with Crippen LogP contribution in [0, 0.1) is 0 Å². The Balaban J connectivity index is 1.90. The molecule has 1 atom stereocenters. The molecular weight excluding hydrogens is 236 g/mol. The van der Waals surface area contributed by atoms with Crippen LogP contribution in [0.1, 0.15) is 12.0 Å². The van der Waals surface area contributed by atoms with Crippen LogP contribution < -0.4 is 5.32 Å². The third kappa shape index (κ3) is 2.44. The maximum absolute atomic E-state index is 10.1. The number of phenolic OH excluding ortho intramolecular Hbond substituents is 1. The topological polar surface area (TPSA) is 35.5 Å². The molecule has 0 amide bonds. The number of nitrogens with one attached hydrogen (secondary N) is 1. The van der Waals surface area contributed by atoms with Gasteiger partial charge in [0.05, 0.1) is 0 Å². The lowest BCUT2D eigenvalue weighted by Crippen LogP contribution is -2.29. The fourth-order valence-electron chi connectivity index (χ4n) is 2.93. The number of phenols is 1. The number of likely N-dealkylation sites (N-methyl/N-ethyl adjacent to an activating group) is 1. The summed E-state index contributed by atoms with van der Waals surface area (Å²) in [6.07, 6.45) is 1.18. The maximum Gasteiger partial charge on any atom is 0.120 e. The average molecular weight is 256 g/mol. The van der Waals surface area contributed by atoms with Crippen molar-refractivity contribution < 1.29 is 5.11 Å². The summed E-state index contributed by atoms with van der Waals surface area (Å²) in [5.41, 5.74) is 1.05. The van der Waals surface area contributed by atoms with E-state index in [4.69, 9.17) is 0 Å². The molecule has 2 aromatic rings. The Morgan fingerprint density at radius 3 is 2.89 bits per heavy atom. The number of aromatic hydroxyl groups is 1. The highest BCUT2D eigenvalue weighted by Crippen LogP contribution is 2.29. The molecule has 0 aromatic heterocycles. The van der Waals surface area contributed by atoms with Crippen LogP contribution in [-0.2, 0) is 6.54 Å². The van der Waals surface area contributed by atoms with Gasteiger partial charge in [0.15, 0.2) is 0 Å². The number of hydrogen-bond acceptors (Lipinski definition) is 3. The first-order valence-corrected chi connectivity index (χ1v) is 6.87. The first-order chi connectivity index (χ1) is 9.28. The Morgan fingerprint density at radius 1 is 1.26 bits per heavy atom. The first kappa shape index (κ1) is 12.5. The van der Waals surface area contributed by atoms with Gasteiger partial charge in [-0.2, -0.15) is 0 Å². The van der Waals surface area contributed by atoms with Gasteiger partial charge in [0.2, 0.25) is 0 Å². The van der Waals surface area contributed by atoms with E-state index in [2.05, 4.69) is 22.3 Å². The van der Waals surface area contributed by atoms with E-state index in [-0.39, 0.29) is 0 Å². The van der Waals surface area contributed by atoms with E-state index in [0.717, 1.165) is 30.6 Å². The molecule has 0 spiro atoms. The Hall–Kier alpha value is -1.58. The summed E-state index contributed by atoms with van der Waals surface area (Å²) in [5, 5.41) is 15.8. The number of benzene rings is 2. The van der Waals surface area contributed by atoms with Gasteiger partial charge in [-0.25, -0.2) is 0 Å². The lowest BCUT2D eigenvalue weighted by molar-refractivity contribution is 0.317. The maximum atomic E-state index is 10.1. The Bertz CT molecular complexity index is 582. The monoisotopic (exact) mass is 256 g/mol. The van der Waals surface area contributed by atoms with Crippen molar-refractivity contribution in [2.24, 2.45) is 0 Å². The largest absolute Gasteiger partial charge is 0.508 e. The van der Waals surface area contributed by atoms with Gasteiger partial charge in [-0.3, -0.25) is 4.90 Å². The van der Waals surface area contributed by atoms with Gasteiger partial charge < -0.3 is 10.4 Å². The summed E-state index contributed by atoms with van der Waals surface area (Å²) in [5.74, 6) is 0.409. The van der Waals surface area contributed by atoms with Gasteiger partial charge in [-0.15, -0.1) is 0 Å². The number of fused-ring (bicyclic) bond motifs is 1. The summed E-state index contributed by atoms with van der Waals surface area (Å²) < 4.78 is 0. The van der Waals surface area contributed by atoms with Crippen LogP contribution in [0.2, 0.25) is 0 Å². The lowest BCUT2D eigenvalue weighted by Gasteiger charge is -2.18. The molecule has 1 aliphatic heterocycles. The highest BCUT2D eigenvalue weighted by Gasteiger charge is 2.22. The Kier molecular flexibility index (Phi) is 3.40. The van der Waals surface area contributed by atoms with Crippen molar-refractivity contribution in [3.63, 3.8) is 0 Å². The Morgan fingerprint density at radius 2 is 2.11 bits per heavy atom. The zero-order valence-electron chi connectivity index (χ0n) is 11.3. The fraction of sp³-hybridized carbons (Fsp3) is 0.375. The third-order valence-corrected chi connectivity index (χ3v) is 4.08. The van der Waals surface area contributed by atoms with E-state index in [9.17, 15) is 5.11 Å². The van der Waals surface area contributed by atoms with E-state index in [1.54, 1.807) is 0 Å². The molecule has 1 aliphatic rings. The number of likely N-dealkylation sites (tertiary alicyclic amines) is 1. The fourth-order valence-corrected chi connectivity index (χ4v) is 2.93. The van der Waals surface area contributed by atoms with Gasteiger partial charge in [-0.1, -0.05) is 30.3 Å². The summed E-state index contributed by atoms with van der Waals surface area (Å²) in [6.45, 7) is 2.97. The second-order valence-electron chi connectivity index (χ2n) is 5.29. The van der Waals surface area contributed by atoms with Crippen molar-refractivity contribution in [2.75, 3.05) is 20.1 Å². The van der Waals surface area contributed by atoms with Gasteiger partial charge in [0, 0.05) is 31.2 Å². The molecule has 0 bridgehead atoms. The molecule has 1 saturated heterocycles.